The van der Waals surface area contributed by atoms with Crippen LogP contribution in [-0.2, 0) is 0 Å². The Bertz CT molecular complexity index is 1530. The quantitative estimate of drug-likeness (QED) is 0.307. The minimum atomic E-state index is -0.405. The largest absolute Gasteiger partial charge is 0.496 e. The van der Waals surface area contributed by atoms with Crippen molar-refractivity contribution in [1.29, 1.82) is 0 Å². The molecule has 168 valence electrons. The van der Waals surface area contributed by atoms with Crippen LogP contribution in [0.5, 0.6) is 5.75 Å². The van der Waals surface area contributed by atoms with Gasteiger partial charge in [-0.25, -0.2) is 4.98 Å². The van der Waals surface area contributed by atoms with Crippen molar-refractivity contribution >= 4 is 62.5 Å². The van der Waals surface area contributed by atoms with Gasteiger partial charge in [-0.05, 0) is 65.5 Å². The van der Waals surface area contributed by atoms with E-state index in [2.05, 4.69) is 20.6 Å². The van der Waals surface area contributed by atoms with Gasteiger partial charge >= 0.3 is 0 Å². The van der Waals surface area contributed by atoms with Crippen molar-refractivity contribution in [3.63, 3.8) is 0 Å². The second-order valence-electron chi connectivity index (χ2n) is 7.35. The van der Waals surface area contributed by atoms with Crippen molar-refractivity contribution in [1.82, 2.24) is 15.3 Å². The lowest BCUT2D eigenvalue weighted by Gasteiger charge is -2.14. The summed E-state index contributed by atoms with van der Waals surface area (Å²) in [5, 5.41) is 8.03. The molecule has 0 bridgehead atoms. The number of rotatable bonds is 4. The van der Waals surface area contributed by atoms with Crippen molar-refractivity contribution in [2.75, 3.05) is 12.4 Å². The number of methoxy groups -OCH3 is 1. The van der Waals surface area contributed by atoms with Gasteiger partial charge in [0.25, 0.3) is 5.91 Å². The first-order valence-electron chi connectivity index (χ1n) is 10.2. The molecule has 0 spiro atoms. The van der Waals surface area contributed by atoms with Gasteiger partial charge in [-0.2, -0.15) is 4.98 Å². The van der Waals surface area contributed by atoms with E-state index < -0.39 is 5.91 Å². The van der Waals surface area contributed by atoms with E-state index in [0.717, 1.165) is 10.8 Å². The SMILES string of the molecule is COc1cc2ccccc2cc1C(=O)NC(=S)Nc1cc(-c2nc3ncccc3o2)ccc1Cl. The van der Waals surface area contributed by atoms with Crippen LogP contribution in [0.25, 0.3) is 33.5 Å². The normalized spacial score (nSPS) is 10.9. The minimum Gasteiger partial charge on any atom is -0.496 e. The van der Waals surface area contributed by atoms with Gasteiger partial charge in [0, 0.05) is 11.8 Å². The highest BCUT2D eigenvalue weighted by molar-refractivity contribution is 7.80. The van der Waals surface area contributed by atoms with Gasteiger partial charge in [0.2, 0.25) is 5.89 Å². The van der Waals surface area contributed by atoms with Gasteiger partial charge < -0.3 is 14.5 Å². The number of carbonyl (C=O) groups is 1. The molecule has 0 atom stereocenters. The second kappa shape index (κ2) is 9.09. The summed E-state index contributed by atoms with van der Waals surface area (Å²) in [6.07, 6.45) is 1.65. The summed E-state index contributed by atoms with van der Waals surface area (Å²) in [6, 6.07) is 20.1. The molecule has 7 nitrogen and oxygen atoms in total. The molecule has 5 aromatic rings. The molecule has 3 aromatic carbocycles. The number of nitrogens with zero attached hydrogens (tertiary/aromatic N) is 2. The molecule has 0 aliphatic carbocycles. The Morgan fingerprint density at radius 3 is 2.62 bits per heavy atom. The van der Waals surface area contributed by atoms with Gasteiger partial charge in [-0.1, -0.05) is 35.9 Å². The highest BCUT2D eigenvalue weighted by Gasteiger charge is 2.16. The highest BCUT2D eigenvalue weighted by Crippen LogP contribution is 2.30. The number of fused-ring (bicyclic) bond motifs is 2. The van der Waals surface area contributed by atoms with E-state index >= 15 is 0 Å². The molecule has 2 aromatic heterocycles. The summed E-state index contributed by atoms with van der Waals surface area (Å²) in [6.45, 7) is 0. The third-order valence-corrected chi connectivity index (χ3v) is 5.70. The van der Waals surface area contributed by atoms with Crippen LogP contribution in [0.15, 0.2) is 77.3 Å². The number of halogens is 1. The lowest BCUT2D eigenvalue weighted by Crippen LogP contribution is -2.34. The molecular formula is C25H17ClN4O3S. The average Bonchev–Trinajstić information content (AvgIpc) is 3.28. The fourth-order valence-corrected chi connectivity index (χ4v) is 3.90. The first kappa shape index (κ1) is 21.8. The second-order valence-corrected chi connectivity index (χ2v) is 8.16. The fraction of sp³-hybridized carbons (Fsp3) is 0.0400. The average molecular weight is 489 g/mol. The zero-order chi connectivity index (χ0) is 23.7. The maximum Gasteiger partial charge on any atom is 0.261 e. The number of oxazole rings is 1. The van der Waals surface area contributed by atoms with Gasteiger partial charge in [-0.3, -0.25) is 10.1 Å². The summed E-state index contributed by atoms with van der Waals surface area (Å²) in [5.74, 6) is 0.435. The minimum absolute atomic E-state index is 0.0819. The Balaban J connectivity index is 1.37. The predicted molar refractivity (Wildman–Crippen MR) is 136 cm³/mol. The molecule has 2 N–H and O–H groups in total. The predicted octanol–water partition coefficient (Wildman–Crippen LogP) is 5.83. The van der Waals surface area contributed by atoms with E-state index in [4.69, 9.17) is 33.0 Å². The van der Waals surface area contributed by atoms with Crippen LogP contribution in [0, 0.1) is 0 Å². The van der Waals surface area contributed by atoms with E-state index in [9.17, 15) is 4.79 Å². The van der Waals surface area contributed by atoms with Crippen LogP contribution in [0.2, 0.25) is 5.02 Å². The number of thiocarbonyl (C=S) groups is 1. The first-order chi connectivity index (χ1) is 16.5. The van der Waals surface area contributed by atoms with E-state index in [1.165, 1.54) is 7.11 Å². The molecule has 0 aliphatic heterocycles. The van der Waals surface area contributed by atoms with Crippen molar-refractivity contribution in [3.8, 4) is 17.2 Å². The van der Waals surface area contributed by atoms with Crippen molar-refractivity contribution in [2.24, 2.45) is 0 Å². The Hall–Kier alpha value is -4.01. The Morgan fingerprint density at radius 1 is 1.06 bits per heavy atom. The van der Waals surface area contributed by atoms with Gasteiger partial charge in [0.1, 0.15) is 5.75 Å². The number of nitrogens with one attached hydrogen (secondary N) is 2. The van der Waals surface area contributed by atoms with Gasteiger partial charge in [-0.15, -0.1) is 0 Å². The molecule has 0 aliphatic rings. The molecule has 0 saturated heterocycles. The third kappa shape index (κ3) is 4.28. The monoisotopic (exact) mass is 488 g/mol. The van der Waals surface area contributed by atoms with Crippen LogP contribution in [-0.4, -0.2) is 28.1 Å². The topological polar surface area (TPSA) is 89.3 Å². The van der Waals surface area contributed by atoms with Crippen molar-refractivity contribution < 1.29 is 13.9 Å². The molecule has 0 radical (unpaired) electrons. The molecule has 0 unspecified atom stereocenters. The standard InChI is InChI=1S/C25H17ClN4O3S/c1-32-21-13-15-6-3-2-5-14(15)11-17(21)23(31)30-25(34)28-19-12-16(8-9-18(19)26)24-29-22-20(33-24)7-4-10-27-22/h2-13H,1H3,(H2,28,30,31,34). The fourth-order valence-electron chi connectivity index (χ4n) is 3.54. The van der Waals surface area contributed by atoms with Crippen LogP contribution >= 0.6 is 23.8 Å². The number of anilines is 1. The Kier molecular flexibility index (Phi) is 5.83. The highest BCUT2D eigenvalue weighted by atomic mass is 35.5. The summed E-state index contributed by atoms with van der Waals surface area (Å²) in [4.78, 5) is 21.5. The maximum atomic E-state index is 13.0. The molecule has 0 saturated carbocycles. The summed E-state index contributed by atoms with van der Waals surface area (Å²) < 4.78 is 11.2. The lowest BCUT2D eigenvalue weighted by molar-refractivity contribution is 0.0975. The molecule has 5 rings (SSSR count). The van der Waals surface area contributed by atoms with Crippen LogP contribution in [0.3, 0.4) is 0 Å². The van der Waals surface area contributed by atoms with E-state index in [1.807, 2.05) is 30.3 Å². The van der Waals surface area contributed by atoms with Crippen LogP contribution in [0.4, 0.5) is 5.69 Å². The molecule has 34 heavy (non-hydrogen) atoms. The number of amides is 1. The number of ether oxygens (including phenoxy) is 1. The number of hydrogen-bond donors (Lipinski definition) is 2. The number of benzene rings is 3. The van der Waals surface area contributed by atoms with Crippen molar-refractivity contribution in [2.45, 2.75) is 0 Å². The van der Waals surface area contributed by atoms with E-state index in [-0.39, 0.29) is 5.11 Å². The number of pyridine rings is 1. The lowest BCUT2D eigenvalue weighted by atomic mass is 10.1. The zero-order valence-corrected chi connectivity index (χ0v) is 19.4. The Morgan fingerprint density at radius 2 is 1.85 bits per heavy atom. The van der Waals surface area contributed by atoms with Crippen LogP contribution < -0.4 is 15.4 Å². The molecule has 0 fully saturated rings. The number of hydrogen-bond acceptors (Lipinski definition) is 6. The molecule has 2 heterocycles. The summed E-state index contributed by atoms with van der Waals surface area (Å²) in [7, 11) is 1.52. The maximum absolute atomic E-state index is 13.0. The third-order valence-electron chi connectivity index (χ3n) is 5.17. The van der Waals surface area contributed by atoms with Crippen molar-refractivity contribution in [3.05, 3.63) is 83.5 Å². The van der Waals surface area contributed by atoms with Gasteiger partial charge in [0.15, 0.2) is 16.3 Å². The molecule has 1 amide bonds. The summed E-state index contributed by atoms with van der Waals surface area (Å²) in [5.41, 5.74) is 2.62. The van der Waals surface area contributed by atoms with E-state index in [1.54, 1.807) is 42.6 Å². The zero-order valence-electron chi connectivity index (χ0n) is 17.8. The number of aromatic nitrogens is 2. The molecule has 9 heteroatoms. The number of carbonyl (C=O) groups excluding carboxylic acids is 1. The first-order valence-corrected chi connectivity index (χ1v) is 11.0. The summed E-state index contributed by atoms with van der Waals surface area (Å²) >= 11 is 11.7. The van der Waals surface area contributed by atoms with Crippen LogP contribution in [0.1, 0.15) is 10.4 Å². The Labute approximate surface area is 204 Å². The molecular weight excluding hydrogens is 472 g/mol. The van der Waals surface area contributed by atoms with Gasteiger partial charge in [0.05, 0.1) is 23.4 Å². The smallest absolute Gasteiger partial charge is 0.261 e. The van der Waals surface area contributed by atoms with E-state index in [0.29, 0.717) is 44.7 Å².